The Morgan fingerprint density at radius 1 is 0.425 bits per heavy atom. The summed E-state index contributed by atoms with van der Waals surface area (Å²) in [6, 6.07) is 74.8. The number of hydrogen-bond donors (Lipinski definition) is 0. The minimum Gasteiger partial charge on any atom is -0.452 e. The lowest BCUT2D eigenvalue weighted by atomic mass is 9.82. The molecule has 4 heteroatoms. The quantitative estimate of drug-likeness (QED) is 0.159. The highest BCUT2D eigenvalue weighted by molar-refractivity contribution is 6.17. The van der Waals surface area contributed by atoms with E-state index in [-0.39, 0.29) is 10.8 Å². The van der Waals surface area contributed by atoms with Gasteiger partial charge in [0.05, 0.1) is 11.4 Å². The van der Waals surface area contributed by atoms with Crippen molar-refractivity contribution >= 4 is 90.5 Å². The molecule has 12 aromatic rings. The summed E-state index contributed by atoms with van der Waals surface area (Å²) in [4.78, 5) is 4.79. The molecule has 14 rings (SSSR count). The largest absolute Gasteiger partial charge is 0.452 e. The van der Waals surface area contributed by atoms with Crippen molar-refractivity contribution in [1.29, 1.82) is 0 Å². The van der Waals surface area contributed by atoms with Crippen LogP contribution in [0.3, 0.4) is 0 Å². The van der Waals surface area contributed by atoms with Crippen molar-refractivity contribution in [3.8, 4) is 22.3 Å². The first-order chi connectivity index (χ1) is 35.5. The van der Waals surface area contributed by atoms with Gasteiger partial charge in [-0.2, -0.15) is 0 Å². The molecule has 73 heavy (non-hydrogen) atoms. The third-order valence-electron chi connectivity index (χ3n) is 16.1. The van der Waals surface area contributed by atoms with Crippen LogP contribution in [0.15, 0.2) is 215 Å². The van der Waals surface area contributed by atoms with Crippen LogP contribution in [0.2, 0.25) is 0 Å². The lowest BCUT2D eigenvalue weighted by Gasteiger charge is -2.29. The molecule has 2 heterocycles. The molecule has 0 saturated heterocycles. The van der Waals surface area contributed by atoms with Crippen LogP contribution in [0.1, 0.15) is 61.3 Å². The zero-order chi connectivity index (χ0) is 49.3. The molecule has 0 amide bonds. The molecule has 0 radical (unpaired) electrons. The predicted octanol–water partition coefficient (Wildman–Crippen LogP) is 17.6. The fraction of sp³-hybridized carbons (Fsp3) is 0.101. The second-order valence-corrected chi connectivity index (χ2v) is 21.0. The fourth-order valence-corrected chi connectivity index (χ4v) is 12.4. The van der Waals surface area contributed by atoms with Gasteiger partial charge in [-0.1, -0.05) is 156 Å². The van der Waals surface area contributed by atoms with Crippen molar-refractivity contribution in [2.45, 2.75) is 45.4 Å². The van der Waals surface area contributed by atoms with Crippen LogP contribution in [0.4, 0.5) is 34.1 Å². The summed E-state index contributed by atoms with van der Waals surface area (Å²) in [5, 5.41) is 7.24. The zero-order valence-electron chi connectivity index (χ0n) is 41.6. The van der Waals surface area contributed by atoms with Crippen LogP contribution in [-0.4, -0.2) is 0 Å². The molecule has 0 saturated carbocycles. The van der Waals surface area contributed by atoms with Gasteiger partial charge in [0.2, 0.25) is 0 Å². The Bertz CT molecular complexity index is 4370. The number of para-hydroxylation sites is 2. The Hall–Kier alpha value is -8.86. The molecule has 0 N–H and O–H groups in total. The Morgan fingerprint density at radius 2 is 0.945 bits per heavy atom. The van der Waals surface area contributed by atoms with E-state index >= 15 is 0 Å². The molecule has 0 bridgehead atoms. The molecule has 0 aliphatic heterocycles. The highest BCUT2D eigenvalue weighted by atomic mass is 16.4. The van der Waals surface area contributed by atoms with Crippen molar-refractivity contribution in [3.05, 3.63) is 250 Å². The van der Waals surface area contributed by atoms with Crippen molar-refractivity contribution < 1.29 is 8.83 Å². The van der Waals surface area contributed by atoms with Gasteiger partial charge in [0.15, 0.2) is 11.2 Å². The Morgan fingerprint density at radius 3 is 1.56 bits per heavy atom. The SMILES string of the molecule is C=c1ccc(N(c2ccccc2)c2cccc3c2-c2ccccc2C3(C)C)c/c1=C/c1oc2c(ccc3c4cc5ccc(N(c6ccccc6)c6cccc7c6-c6ccccc6C7(C)C)cc5cc4oc32)c1C. The number of anilines is 6. The van der Waals surface area contributed by atoms with Gasteiger partial charge in [-0.05, 0) is 153 Å². The predicted molar refractivity (Wildman–Crippen MR) is 305 cm³/mol. The van der Waals surface area contributed by atoms with Gasteiger partial charge in [-0.15, -0.1) is 0 Å². The summed E-state index contributed by atoms with van der Waals surface area (Å²) in [7, 11) is 0. The maximum atomic E-state index is 6.92. The number of furan rings is 2. The van der Waals surface area contributed by atoms with Crippen LogP contribution in [-0.2, 0) is 10.8 Å². The standard InChI is InChI=1S/C69H52N2O2/c1-42-31-33-49(70(47-19-9-7-10-20-47)60-29-17-27-58-64(60)53-23-13-15-25-56(53)68(58,3)4)37-45(42)40-62-43(2)51-35-36-52-55-39-44-32-34-50(38-46(44)41-63(55)73-67(52)66(51)72-62)71(48-21-11-8-12-22-48)61-30-18-28-59-65(61)54-24-14-16-26-57(54)69(59,5)6/h7-41H,1H2,2-6H3/b45-40-. The van der Waals surface area contributed by atoms with E-state index in [1.807, 2.05) is 0 Å². The second-order valence-electron chi connectivity index (χ2n) is 21.0. The molecule has 350 valence electrons. The Balaban J connectivity index is 0.881. The summed E-state index contributed by atoms with van der Waals surface area (Å²) in [6.45, 7) is 16.0. The summed E-state index contributed by atoms with van der Waals surface area (Å²) in [5.74, 6) is 0.779. The minimum atomic E-state index is -0.124. The number of fused-ring (bicyclic) bond motifs is 12. The van der Waals surface area contributed by atoms with E-state index in [0.717, 1.165) is 99.6 Å². The van der Waals surface area contributed by atoms with E-state index in [1.54, 1.807) is 0 Å². The number of nitrogens with zero attached hydrogens (tertiary/aromatic N) is 2. The summed E-state index contributed by atoms with van der Waals surface area (Å²) >= 11 is 0. The van der Waals surface area contributed by atoms with E-state index in [1.165, 1.54) is 44.5 Å². The van der Waals surface area contributed by atoms with Gasteiger partial charge in [0.1, 0.15) is 11.3 Å². The van der Waals surface area contributed by atoms with Crippen LogP contribution >= 0.6 is 0 Å². The summed E-state index contributed by atoms with van der Waals surface area (Å²) < 4.78 is 13.8. The topological polar surface area (TPSA) is 32.8 Å². The monoisotopic (exact) mass is 940 g/mol. The first-order valence-corrected chi connectivity index (χ1v) is 25.3. The lowest BCUT2D eigenvalue weighted by molar-refractivity contribution is 0.588. The first kappa shape index (κ1) is 43.0. The third kappa shape index (κ3) is 6.39. The van der Waals surface area contributed by atoms with Crippen molar-refractivity contribution in [1.82, 2.24) is 0 Å². The van der Waals surface area contributed by atoms with E-state index in [2.05, 4.69) is 263 Å². The molecule has 2 aromatic heterocycles. The van der Waals surface area contributed by atoms with E-state index in [0.29, 0.717) is 0 Å². The molecule has 10 aromatic carbocycles. The van der Waals surface area contributed by atoms with Crippen LogP contribution in [0, 0.1) is 6.92 Å². The molecule has 0 atom stereocenters. The van der Waals surface area contributed by atoms with Gasteiger partial charge in [0.25, 0.3) is 0 Å². The van der Waals surface area contributed by atoms with Gasteiger partial charge >= 0.3 is 0 Å². The van der Waals surface area contributed by atoms with E-state index in [9.17, 15) is 0 Å². The first-order valence-electron chi connectivity index (χ1n) is 25.3. The molecule has 2 aliphatic carbocycles. The van der Waals surface area contributed by atoms with Gasteiger partial charge in [-0.25, -0.2) is 0 Å². The normalized spacial score (nSPS) is 14.2. The fourth-order valence-electron chi connectivity index (χ4n) is 12.4. The average Bonchev–Trinajstić information content (AvgIpc) is 4.09. The van der Waals surface area contributed by atoms with Crippen molar-refractivity contribution in [3.63, 3.8) is 0 Å². The second kappa shape index (κ2) is 15.8. The maximum Gasteiger partial charge on any atom is 0.178 e. The van der Waals surface area contributed by atoms with Crippen molar-refractivity contribution in [2.75, 3.05) is 9.80 Å². The van der Waals surface area contributed by atoms with Crippen LogP contribution in [0.5, 0.6) is 0 Å². The average molecular weight is 941 g/mol. The number of aryl methyl sites for hydroxylation is 1. The number of rotatable bonds is 7. The third-order valence-corrected chi connectivity index (χ3v) is 16.1. The van der Waals surface area contributed by atoms with Gasteiger partial charge < -0.3 is 18.6 Å². The van der Waals surface area contributed by atoms with Gasteiger partial charge in [0, 0.05) is 66.4 Å². The number of benzene rings is 10. The van der Waals surface area contributed by atoms with Crippen LogP contribution in [0.25, 0.3) is 78.6 Å². The maximum absolute atomic E-state index is 6.92. The van der Waals surface area contributed by atoms with E-state index in [4.69, 9.17) is 8.83 Å². The molecule has 4 nitrogen and oxygen atoms in total. The molecule has 0 spiro atoms. The van der Waals surface area contributed by atoms with Crippen molar-refractivity contribution in [2.24, 2.45) is 0 Å². The smallest absolute Gasteiger partial charge is 0.178 e. The van der Waals surface area contributed by atoms with Crippen LogP contribution < -0.4 is 20.2 Å². The highest BCUT2D eigenvalue weighted by Crippen LogP contribution is 2.56. The summed E-state index contributed by atoms with van der Waals surface area (Å²) in [6.07, 6.45) is 2.14. The summed E-state index contributed by atoms with van der Waals surface area (Å²) in [5.41, 5.74) is 20.2. The Kier molecular flexibility index (Phi) is 9.31. The van der Waals surface area contributed by atoms with Gasteiger partial charge in [-0.3, -0.25) is 0 Å². The molecular weight excluding hydrogens is 889 g/mol. The molecule has 0 fully saturated rings. The molecular formula is C69H52N2O2. The van der Waals surface area contributed by atoms with E-state index < -0.39 is 0 Å². The highest BCUT2D eigenvalue weighted by Gasteiger charge is 2.39. The molecule has 2 aliphatic rings. The number of hydrogen-bond acceptors (Lipinski definition) is 4. The zero-order valence-corrected chi connectivity index (χ0v) is 41.6. The minimum absolute atomic E-state index is 0.113. The Labute approximate surface area is 425 Å². The molecule has 0 unspecified atom stereocenters. The lowest BCUT2D eigenvalue weighted by Crippen LogP contribution is -2.25.